The van der Waals surface area contributed by atoms with Gasteiger partial charge in [0.25, 0.3) is 0 Å². The molecule has 0 aromatic heterocycles. The average Bonchev–Trinajstić information content (AvgIpc) is 2.55. The van der Waals surface area contributed by atoms with Gasteiger partial charge in [0, 0.05) is 13.1 Å². The number of likely N-dealkylation sites (tertiary alicyclic amines) is 1. The summed E-state index contributed by atoms with van der Waals surface area (Å²) in [5.74, 6) is 0. The molecule has 0 atom stereocenters. The lowest BCUT2D eigenvalue weighted by atomic mass is 10.0. The molecule has 1 saturated heterocycles. The van der Waals surface area contributed by atoms with Gasteiger partial charge in [-0.3, -0.25) is 4.90 Å². The Morgan fingerprint density at radius 1 is 0.955 bits per heavy atom. The van der Waals surface area contributed by atoms with Crippen LogP contribution in [0.3, 0.4) is 0 Å². The van der Waals surface area contributed by atoms with E-state index in [0.717, 1.165) is 32.6 Å². The molecule has 1 aliphatic rings. The van der Waals surface area contributed by atoms with Crippen LogP contribution in [0.1, 0.15) is 23.7 Å². The number of nitrogens with zero attached hydrogens (tertiary/aromatic N) is 1. The van der Waals surface area contributed by atoms with Crippen molar-refractivity contribution in [1.29, 1.82) is 0 Å². The number of hydrogen-bond donors (Lipinski definition) is 1. The molecule has 1 fully saturated rings. The molecule has 0 bridgehead atoms. The molecule has 0 amide bonds. The minimum Gasteiger partial charge on any atom is -0.363 e. The monoisotopic (exact) mass is 296 g/mol. The molecule has 0 spiro atoms. The Balaban J connectivity index is 1.66. The molecule has 1 heterocycles. The third-order valence-corrected chi connectivity index (χ3v) is 4.14. The average molecular weight is 296 g/mol. The molecular formula is C19H24N2O. The Hall–Kier alpha value is -1.68. The molecule has 3 rings (SSSR count). The summed E-state index contributed by atoms with van der Waals surface area (Å²) in [7, 11) is 0. The van der Waals surface area contributed by atoms with Gasteiger partial charge < -0.3 is 10.5 Å². The Morgan fingerprint density at radius 2 is 1.50 bits per heavy atom. The third-order valence-electron chi connectivity index (χ3n) is 4.14. The number of ether oxygens (including phenoxy) is 1. The molecule has 1 aliphatic heterocycles. The highest BCUT2D eigenvalue weighted by Gasteiger charge is 2.30. The fraction of sp³-hybridized carbons (Fsp3) is 0.368. The van der Waals surface area contributed by atoms with E-state index in [1.807, 2.05) is 12.1 Å². The van der Waals surface area contributed by atoms with Crippen LogP contribution in [0.4, 0.5) is 0 Å². The maximum atomic E-state index is 6.40. The summed E-state index contributed by atoms with van der Waals surface area (Å²) >= 11 is 0. The minimum atomic E-state index is 0.0176. The molecule has 2 N–H and O–H groups in total. The molecule has 3 nitrogen and oxygen atoms in total. The second-order valence-corrected chi connectivity index (χ2v) is 5.86. The molecule has 2 aromatic carbocycles. The highest BCUT2D eigenvalue weighted by Crippen LogP contribution is 2.29. The van der Waals surface area contributed by atoms with Crippen LogP contribution in [0.25, 0.3) is 0 Å². The van der Waals surface area contributed by atoms with Crippen molar-refractivity contribution in [3.63, 3.8) is 0 Å². The fourth-order valence-electron chi connectivity index (χ4n) is 2.90. The molecule has 0 saturated carbocycles. The second kappa shape index (κ2) is 7.54. The predicted octanol–water partition coefficient (Wildman–Crippen LogP) is 2.83. The number of nitrogens with two attached hydrogens (primary N) is 1. The molecule has 0 unspecified atom stereocenters. The summed E-state index contributed by atoms with van der Waals surface area (Å²) in [4.78, 5) is 2.41. The van der Waals surface area contributed by atoms with Crippen LogP contribution in [0.15, 0.2) is 60.7 Å². The van der Waals surface area contributed by atoms with Gasteiger partial charge in [-0.05, 0) is 30.6 Å². The Morgan fingerprint density at radius 3 is 2.00 bits per heavy atom. The topological polar surface area (TPSA) is 38.5 Å². The van der Waals surface area contributed by atoms with Crippen LogP contribution in [-0.2, 0) is 4.74 Å². The lowest BCUT2D eigenvalue weighted by Crippen LogP contribution is -2.52. The highest BCUT2D eigenvalue weighted by molar-refractivity contribution is 5.30. The van der Waals surface area contributed by atoms with E-state index in [1.165, 1.54) is 11.1 Å². The lowest BCUT2D eigenvalue weighted by molar-refractivity contribution is -0.0808. The fourth-order valence-corrected chi connectivity index (χ4v) is 2.90. The number of hydrogen-bond acceptors (Lipinski definition) is 3. The van der Waals surface area contributed by atoms with E-state index in [4.69, 9.17) is 10.5 Å². The first kappa shape index (κ1) is 15.2. The quantitative estimate of drug-likeness (QED) is 0.854. The smallest absolute Gasteiger partial charge is 0.108 e. The van der Waals surface area contributed by atoms with E-state index in [1.54, 1.807) is 0 Å². The van der Waals surface area contributed by atoms with Crippen LogP contribution in [0.2, 0.25) is 0 Å². The molecule has 0 aliphatic carbocycles. The zero-order chi connectivity index (χ0) is 15.2. The number of benzene rings is 2. The summed E-state index contributed by atoms with van der Waals surface area (Å²) in [6.07, 6.45) is 1.39. The van der Waals surface area contributed by atoms with E-state index in [-0.39, 0.29) is 6.10 Å². The zero-order valence-electron chi connectivity index (χ0n) is 12.9. The van der Waals surface area contributed by atoms with Gasteiger partial charge in [0.05, 0.1) is 6.10 Å². The lowest BCUT2D eigenvalue weighted by Gasteiger charge is -2.41. The van der Waals surface area contributed by atoms with E-state index in [9.17, 15) is 0 Å². The molecule has 3 heteroatoms. The van der Waals surface area contributed by atoms with Crippen LogP contribution in [-0.4, -0.2) is 37.2 Å². The molecule has 0 radical (unpaired) electrons. The number of rotatable bonds is 7. The van der Waals surface area contributed by atoms with Crippen molar-refractivity contribution in [2.75, 3.05) is 26.2 Å². The third kappa shape index (κ3) is 3.74. The van der Waals surface area contributed by atoms with Crippen LogP contribution in [0, 0.1) is 0 Å². The normalized spacial score (nSPS) is 15.9. The molecular weight excluding hydrogens is 272 g/mol. The van der Waals surface area contributed by atoms with Crippen molar-refractivity contribution in [2.24, 2.45) is 5.73 Å². The highest BCUT2D eigenvalue weighted by atomic mass is 16.5. The van der Waals surface area contributed by atoms with Crippen molar-refractivity contribution < 1.29 is 4.74 Å². The molecule has 2 aromatic rings. The van der Waals surface area contributed by atoms with E-state index >= 15 is 0 Å². The predicted molar refractivity (Wildman–Crippen MR) is 89.7 cm³/mol. The van der Waals surface area contributed by atoms with Gasteiger partial charge in [-0.2, -0.15) is 0 Å². The summed E-state index contributed by atoms with van der Waals surface area (Å²) in [5, 5.41) is 0. The second-order valence-electron chi connectivity index (χ2n) is 5.86. The summed E-state index contributed by atoms with van der Waals surface area (Å²) in [6, 6.07) is 20.9. The van der Waals surface area contributed by atoms with Gasteiger partial charge in [0.15, 0.2) is 0 Å². The molecule has 116 valence electrons. The van der Waals surface area contributed by atoms with Gasteiger partial charge >= 0.3 is 0 Å². The SMILES string of the molecule is NCCCN1CC(OC(c2ccccc2)c2ccccc2)C1. The van der Waals surface area contributed by atoms with Crippen molar-refractivity contribution in [1.82, 2.24) is 4.90 Å². The summed E-state index contributed by atoms with van der Waals surface area (Å²) in [6.45, 7) is 3.86. The summed E-state index contributed by atoms with van der Waals surface area (Å²) in [5.41, 5.74) is 8.00. The van der Waals surface area contributed by atoms with Crippen molar-refractivity contribution in [2.45, 2.75) is 18.6 Å². The van der Waals surface area contributed by atoms with Gasteiger partial charge in [0.2, 0.25) is 0 Å². The van der Waals surface area contributed by atoms with Crippen LogP contribution < -0.4 is 5.73 Å². The van der Waals surface area contributed by atoms with Crippen molar-refractivity contribution in [3.05, 3.63) is 71.8 Å². The standard InChI is InChI=1S/C19H24N2O/c20-12-7-13-21-14-18(15-21)22-19(16-8-3-1-4-9-16)17-10-5-2-6-11-17/h1-6,8-11,18-19H,7,12-15,20H2. The van der Waals surface area contributed by atoms with Gasteiger partial charge in [-0.15, -0.1) is 0 Å². The van der Waals surface area contributed by atoms with Crippen LogP contribution >= 0.6 is 0 Å². The maximum Gasteiger partial charge on any atom is 0.108 e. The first-order valence-electron chi connectivity index (χ1n) is 8.04. The largest absolute Gasteiger partial charge is 0.363 e. The van der Waals surface area contributed by atoms with E-state index in [2.05, 4.69) is 53.4 Å². The first-order chi connectivity index (χ1) is 10.9. The Kier molecular flexibility index (Phi) is 5.22. The van der Waals surface area contributed by atoms with Crippen molar-refractivity contribution >= 4 is 0 Å². The molecule has 22 heavy (non-hydrogen) atoms. The summed E-state index contributed by atoms with van der Waals surface area (Å²) < 4.78 is 6.40. The Labute approximate surface area is 132 Å². The minimum absolute atomic E-state index is 0.0176. The van der Waals surface area contributed by atoms with E-state index < -0.39 is 0 Å². The van der Waals surface area contributed by atoms with Gasteiger partial charge in [-0.1, -0.05) is 60.7 Å². The first-order valence-corrected chi connectivity index (χ1v) is 8.04. The van der Waals surface area contributed by atoms with Crippen LogP contribution in [0.5, 0.6) is 0 Å². The maximum absolute atomic E-state index is 6.40. The van der Waals surface area contributed by atoms with Gasteiger partial charge in [0.1, 0.15) is 6.10 Å². The van der Waals surface area contributed by atoms with Crippen molar-refractivity contribution in [3.8, 4) is 0 Å². The van der Waals surface area contributed by atoms with E-state index in [0.29, 0.717) is 6.10 Å². The van der Waals surface area contributed by atoms with Gasteiger partial charge in [-0.25, -0.2) is 0 Å². The Bertz CT molecular complexity index is 513. The zero-order valence-corrected chi connectivity index (χ0v) is 12.9.